The number of hydrogen-bond acceptors (Lipinski definition) is 3. The minimum Gasteiger partial charge on any atom is -0.241 e. The molecular weight excluding hydrogens is 359 g/mol. The first-order valence-electron chi connectivity index (χ1n) is 6.85. The lowest BCUT2D eigenvalue weighted by atomic mass is 10.2. The molecule has 24 heavy (non-hydrogen) atoms. The van der Waals surface area contributed by atoms with Crippen LogP contribution in [-0.2, 0) is 13.2 Å². The van der Waals surface area contributed by atoms with Gasteiger partial charge in [0.05, 0.1) is 11.3 Å². The fourth-order valence-corrected chi connectivity index (χ4v) is 3.03. The maximum Gasteiger partial charge on any atom is 0.416 e. The third-order valence-corrected chi connectivity index (χ3v) is 4.52. The second-order valence-electron chi connectivity index (χ2n) is 4.98. The first-order chi connectivity index (χ1) is 11.3. The molecule has 2 aromatic carbocycles. The van der Waals surface area contributed by atoms with Crippen molar-refractivity contribution in [3.8, 4) is 10.6 Å². The number of benzene rings is 2. The third kappa shape index (κ3) is 3.68. The Bertz CT molecular complexity index is 909. The highest BCUT2D eigenvalue weighted by atomic mass is 35.5. The van der Waals surface area contributed by atoms with Gasteiger partial charge in [-0.2, -0.15) is 18.3 Å². The normalized spacial score (nSPS) is 12.6. The molecule has 0 saturated carbocycles. The van der Waals surface area contributed by atoms with Crippen LogP contribution in [0.25, 0.3) is 10.6 Å². The van der Waals surface area contributed by atoms with Crippen LogP contribution in [0.1, 0.15) is 5.56 Å². The Morgan fingerprint density at radius 2 is 1.67 bits per heavy atom. The summed E-state index contributed by atoms with van der Waals surface area (Å²) in [4.78, 5) is 4.94. The van der Waals surface area contributed by atoms with Gasteiger partial charge in [0.15, 0.2) is 0 Å². The molecule has 0 amide bonds. The van der Waals surface area contributed by atoms with Crippen molar-refractivity contribution in [2.45, 2.75) is 6.18 Å². The van der Waals surface area contributed by atoms with E-state index in [9.17, 15) is 13.2 Å². The van der Waals surface area contributed by atoms with E-state index in [0.717, 1.165) is 22.7 Å². The van der Waals surface area contributed by atoms with Crippen LogP contribution in [0.2, 0.25) is 5.02 Å². The summed E-state index contributed by atoms with van der Waals surface area (Å²) in [5, 5.41) is 5.77. The van der Waals surface area contributed by atoms with Crippen LogP contribution in [0.5, 0.6) is 0 Å². The van der Waals surface area contributed by atoms with Crippen molar-refractivity contribution in [3.05, 3.63) is 63.9 Å². The molecule has 3 rings (SSSR count). The molecule has 1 heterocycles. The van der Waals surface area contributed by atoms with Gasteiger partial charge in [-0.3, -0.25) is 0 Å². The Balaban J connectivity index is 1.95. The topological polar surface area (TPSA) is 30.2 Å². The predicted octanol–water partition coefficient (Wildman–Crippen LogP) is 5.05. The van der Waals surface area contributed by atoms with Crippen LogP contribution in [0, 0.1) is 0 Å². The summed E-state index contributed by atoms with van der Waals surface area (Å²) < 4.78 is 39.3. The Kier molecular flexibility index (Phi) is 4.47. The smallest absolute Gasteiger partial charge is 0.241 e. The first kappa shape index (κ1) is 16.7. The fraction of sp³-hybridized carbons (Fsp3) is 0.125. The Morgan fingerprint density at radius 3 is 2.25 bits per heavy atom. The number of aryl methyl sites for hydroxylation is 1. The van der Waals surface area contributed by atoms with Crippen LogP contribution in [-0.4, -0.2) is 9.78 Å². The number of rotatable bonds is 2. The lowest BCUT2D eigenvalue weighted by Gasteiger charge is -2.05. The highest BCUT2D eigenvalue weighted by Crippen LogP contribution is 2.30. The summed E-state index contributed by atoms with van der Waals surface area (Å²) in [6.45, 7) is 0. The monoisotopic (exact) mass is 369 g/mol. The highest BCUT2D eigenvalue weighted by molar-refractivity contribution is 7.12. The quantitative estimate of drug-likeness (QED) is 0.621. The van der Waals surface area contributed by atoms with Gasteiger partial charge in [-0.05, 0) is 36.4 Å². The molecule has 0 unspecified atom stereocenters. The molecule has 0 fully saturated rings. The molecule has 0 spiro atoms. The zero-order chi connectivity index (χ0) is 17.3. The van der Waals surface area contributed by atoms with Crippen molar-refractivity contribution < 1.29 is 13.2 Å². The van der Waals surface area contributed by atoms with Crippen molar-refractivity contribution in [1.29, 1.82) is 0 Å². The van der Waals surface area contributed by atoms with E-state index in [-0.39, 0.29) is 0 Å². The average molecular weight is 370 g/mol. The lowest BCUT2D eigenvalue weighted by Crippen LogP contribution is -2.11. The molecule has 0 aliphatic heterocycles. The molecule has 0 atom stereocenters. The minimum atomic E-state index is -4.35. The molecule has 0 saturated heterocycles. The SMILES string of the molecule is Cn1nc(-c2ccc(Cl)cc2)sc1=Nc1ccc(C(F)(F)F)cc1. The lowest BCUT2D eigenvalue weighted by molar-refractivity contribution is -0.137. The van der Waals surface area contributed by atoms with Gasteiger partial charge in [-0.25, -0.2) is 9.67 Å². The molecule has 0 bridgehead atoms. The largest absolute Gasteiger partial charge is 0.416 e. The second-order valence-corrected chi connectivity index (χ2v) is 6.37. The fourth-order valence-electron chi connectivity index (χ4n) is 1.99. The molecule has 3 aromatic rings. The number of halogens is 4. The summed E-state index contributed by atoms with van der Waals surface area (Å²) in [6.07, 6.45) is -4.35. The first-order valence-corrected chi connectivity index (χ1v) is 8.04. The Hall–Kier alpha value is -2.12. The van der Waals surface area contributed by atoms with Crippen LogP contribution in [0.3, 0.4) is 0 Å². The molecule has 1 aromatic heterocycles. The second kappa shape index (κ2) is 6.41. The van der Waals surface area contributed by atoms with E-state index in [4.69, 9.17) is 11.6 Å². The maximum absolute atomic E-state index is 12.6. The van der Waals surface area contributed by atoms with E-state index >= 15 is 0 Å². The van der Waals surface area contributed by atoms with Crippen LogP contribution >= 0.6 is 22.9 Å². The van der Waals surface area contributed by atoms with E-state index in [0.29, 0.717) is 15.5 Å². The molecule has 8 heteroatoms. The zero-order valence-electron chi connectivity index (χ0n) is 12.4. The van der Waals surface area contributed by atoms with E-state index in [1.807, 2.05) is 12.1 Å². The zero-order valence-corrected chi connectivity index (χ0v) is 14.0. The summed E-state index contributed by atoms with van der Waals surface area (Å²) in [5.41, 5.74) is 0.635. The van der Waals surface area contributed by atoms with E-state index < -0.39 is 11.7 Å². The molecule has 0 radical (unpaired) electrons. The van der Waals surface area contributed by atoms with Gasteiger partial charge in [-0.15, -0.1) is 0 Å². The number of alkyl halides is 3. The molecule has 0 aliphatic carbocycles. The van der Waals surface area contributed by atoms with Crippen molar-refractivity contribution >= 4 is 28.6 Å². The van der Waals surface area contributed by atoms with Crippen LogP contribution < -0.4 is 4.80 Å². The van der Waals surface area contributed by atoms with Crippen molar-refractivity contribution in [2.24, 2.45) is 12.0 Å². The Morgan fingerprint density at radius 1 is 1.04 bits per heavy atom. The van der Waals surface area contributed by atoms with Crippen molar-refractivity contribution in [3.63, 3.8) is 0 Å². The average Bonchev–Trinajstić information content (AvgIpc) is 2.89. The van der Waals surface area contributed by atoms with Gasteiger partial charge in [0.2, 0.25) is 4.80 Å². The predicted molar refractivity (Wildman–Crippen MR) is 88.2 cm³/mol. The molecule has 0 N–H and O–H groups in total. The van der Waals surface area contributed by atoms with Crippen molar-refractivity contribution in [2.75, 3.05) is 0 Å². The summed E-state index contributed by atoms with van der Waals surface area (Å²) in [6, 6.07) is 11.9. The van der Waals surface area contributed by atoms with Gasteiger partial charge in [0.1, 0.15) is 5.01 Å². The van der Waals surface area contributed by atoms with Gasteiger partial charge >= 0.3 is 6.18 Å². The van der Waals surface area contributed by atoms with Gasteiger partial charge in [0.25, 0.3) is 0 Å². The molecular formula is C16H11ClF3N3S. The van der Waals surface area contributed by atoms with Gasteiger partial charge < -0.3 is 0 Å². The number of nitrogens with zero attached hydrogens (tertiary/aromatic N) is 3. The maximum atomic E-state index is 12.6. The van der Waals surface area contributed by atoms with E-state index in [1.165, 1.54) is 23.5 Å². The number of hydrogen-bond donors (Lipinski definition) is 0. The third-order valence-electron chi connectivity index (χ3n) is 3.22. The number of aromatic nitrogens is 2. The Labute approximate surface area is 144 Å². The van der Waals surface area contributed by atoms with Crippen LogP contribution in [0.15, 0.2) is 53.5 Å². The standard InChI is InChI=1S/C16H11ClF3N3S/c1-23-15(21-13-8-4-11(5-9-13)16(18,19)20)24-14(22-23)10-2-6-12(17)7-3-10/h2-9H,1H3. The molecule has 3 nitrogen and oxygen atoms in total. The minimum absolute atomic E-state index is 0.435. The molecule has 0 aliphatic rings. The van der Waals surface area contributed by atoms with Gasteiger partial charge in [0, 0.05) is 17.6 Å². The summed E-state index contributed by atoms with van der Waals surface area (Å²) in [5.74, 6) is 0. The summed E-state index contributed by atoms with van der Waals surface area (Å²) in [7, 11) is 1.73. The molecule has 124 valence electrons. The van der Waals surface area contributed by atoms with Gasteiger partial charge in [-0.1, -0.05) is 35.1 Å². The highest BCUT2D eigenvalue weighted by Gasteiger charge is 2.29. The van der Waals surface area contributed by atoms with E-state index in [2.05, 4.69) is 10.1 Å². The summed E-state index contributed by atoms with van der Waals surface area (Å²) >= 11 is 7.21. The van der Waals surface area contributed by atoms with Crippen LogP contribution in [0.4, 0.5) is 18.9 Å². The van der Waals surface area contributed by atoms with Crippen molar-refractivity contribution in [1.82, 2.24) is 9.78 Å². The van der Waals surface area contributed by atoms with E-state index in [1.54, 1.807) is 23.9 Å².